The Bertz CT molecular complexity index is 380. The predicted molar refractivity (Wildman–Crippen MR) is 84.8 cm³/mol. The zero-order valence-electron chi connectivity index (χ0n) is 13.3. The van der Waals surface area contributed by atoms with Gasteiger partial charge in [-0.25, -0.2) is 0 Å². The highest BCUT2D eigenvalue weighted by Gasteiger charge is 2.11. The number of hydrogen-bond donors (Lipinski definition) is 1. The highest BCUT2D eigenvalue weighted by atomic mass is 16.5. The van der Waals surface area contributed by atoms with Gasteiger partial charge in [-0.15, -0.1) is 0 Å². The fraction of sp³-hybridized carbons (Fsp3) is 0.625. The van der Waals surface area contributed by atoms with Gasteiger partial charge in [0.15, 0.2) is 0 Å². The Labute approximate surface area is 123 Å². The van der Waals surface area contributed by atoms with Gasteiger partial charge >= 0.3 is 0 Å². The van der Waals surface area contributed by atoms with Gasteiger partial charge in [0, 0.05) is 39.5 Å². The first-order chi connectivity index (χ1) is 9.52. The van der Waals surface area contributed by atoms with E-state index in [0.29, 0.717) is 12.5 Å². The second kappa shape index (κ2) is 8.82. The van der Waals surface area contributed by atoms with Crippen molar-refractivity contribution in [2.45, 2.75) is 20.0 Å². The van der Waals surface area contributed by atoms with Gasteiger partial charge in [-0.3, -0.25) is 0 Å². The van der Waals surface area contributed by atoms with Crippen molar-refractivity contribution in [3.05, 3.63) is 24.3 Å². The standard InChI is InChI=1S/C16H28N2O2/c1-13(2)10-17-11-16(12-19-5)20-15-8-6-7-14(9-15)18(3)4/h6-9,13,16-17H,10-12H2,1-5H3. The molecule has 114 valence electrons. The Balaban J connectivity index is 2.57. The first-order valence-corrected chi connectivity index (χ1v) is 7.16. The molecule has 0 amide bonds. The van der Waals surface area contributed by atoms with Crippen molar-refractivity contribution in [2.75, 3.05) is 45.8 Å². The molecule has 1 atom stereocenters. The van der Waals surface area contributed by atoms with Crippen molar-refractivity contribution in [1.82, 2.24) is 5.32 Å². The van der Waals surface area contributed by atoms with E-state index in [9.17, 15) is 0 Å². The van der Waals surface area contributed by atoms with Gasteiger partial charge in [0.05, 0.1) is 6.61 Å². The minimum Gasteiger partial charge on any atom is -0.487 e. The number of methoxy groups -OCH3 is 1. The number of ether oxygens (including phenoxy) is 2. The van der Waals surface area contributed by atoms with Crippen LogP contribution in [-0.4, -0.2) is 47.0 Å². The van der Waals surface area contributed by atoms with Crippen molar-refractivity contribution >= 4 is 5.69 Å². The Hall–Kier alpha value is -1.26. The van der Waals surface area contributed by atoms with Crippen LogP contribution in [0.4, 0.5) is 5.69 Å². The third-order valence-electron chi connectivity index (χ3n) is 2.91. The van der Waals surface area contributed by atoms with Crippen molar-refractivity contribution in [1.29, 1.82) is 0 Å². The molecule has 20 heavy (non-hydrogen) atoms. The van der Waals surface area contributed by atoms with Crippen LogP contribution in [0.15, 0.2) is 24.3 Å². The molecule has 0 aliphatic heterocycles. The largest absolute Gasteiger partial charge is 0.487 e. The molecule has 0 spiro atoms. The van der Waals surface area contributed by atoms with Crippen LogP contribution in [-0.2, 0) is 4.74 Å². The summed E-state index contributed by atoms with van der Waals surface area (Å²) >= 11 is 0. The highest BCUT2D eigenvalue weighted by molar-refractivity contribution is 5.49. The molecule has 0 bridgehead atoms. The van der Waals surface area contributed by atoms with Crippen LogP contribution in [0.25, 0.3) is 0 Å². The van der Waals surface area contributed by atoms with Gasteiger partial charge in [0.2, 0.25) is 0 Å². The highest BCUT2D eigenvalue weighted by Crippen LogP contribution is 2.20. The number of rotatable bonds is 9. The summed E-state index contributed by atoms with van der Waals surface area (Å²) in [6.45, 7) is 6.75. The van der Waals surface area contributed by atoms with Crippen molar-refractivity contribution in [3.8, 4) is 5.75 Å². The summed E-state index contributed by atoms with van der Waals surface area (Å²) in [5.41, 5.74) is 1.13. The Morgan fingerprint density at radius 2 is 1.95 bits per heavy atom. The molecule has 0 aliphatic rings. The maximum Gasteiger partial charge on any atom is 0.134 e. The lowest BCUT2D eigenvalue weighted by Crippen LogP contribution is -2.36. The van der Waals surface area contributed by atoms with Crippen LogP contribution in [0.5, 0.6) is 5.75 Å². The number of anilines is 1. The molecule has 0 saturated heterocycles. The van der Waals surface area contributed by atoms with E-state index < -0.39 is 0 Å². The van der Waals surface area contributed by atoms with E-state index in [1.807, 2.05) is 32.3 Å². The summed E-state index contributed by atoms with van der Waals surface area (Å²) in [6.07, 6.45) is 0.0242. The van der Waals surface area contributed by atoms with E-state index in [2.05, 4.69) is 30.1 Å². The average molecular weight is 280 g/mol. The molecule has 0 saturated carbocycles. The normalized spacial score (nSPS) is 12.5. The van der Waals surface area contributed by atoms with Gasteiger partial charge in [0.25, 0.3) is 0 Å². The molecule has 1 rings (SSSR count). The molecule has 1 aromatic carbocycles. The van der Waals surface area contributed by atoms with Gasteiger partial charge in [-0.2, -0.15) is 0 Å². The van der Waals surface area contributed by atoms with Crippen LogP contribution in [0.3, 0.4) is 0 Å². The van der Waals surface area contributed by atoms with E-state index in [1.165, 1.54) is 0 Å². The lowest BCUT2D eigenvalue weighted by molar-refractivity contribution is 0.0802. The molecule has 0 aromatic heterocycles. The van der Waals surface area contributed by atoms with E-state index in [0.717, 1.165) is 24.5 Å². The zero-order chi connectivity index (χ0) is 15.0. The van der Waals surface area contributed by atoms with Crippen molar-refractivity contribution < 1.29 is 9.47 Å². The lowest BCUT2D eigenvalue weighted by Gasteiger charge is -2.21. The quantitative estimate of drug-likeness (QED) is 0.753. The molecule has 4 nitrogen and oxygen atoms in total. The molecule has 1 unspecified atom stereocenters. The molecule has 0 heterocycles. The first-order valence-electron chi connectivity index (χ1n) is 7.16. The Morgan fingerprint density at radius 3 is 2.55 bits per heavy atom. The van der Waals surface area contributed by atoms with Gasteiger partial charge in [0.1, 0.15) is 11.9 Å². The van der Waals surface area contributed by atoms with Crippen LogP contribution in [0, 0.1) is 5.92 Å². The zero-order valence-corrected chi connectivity index (χ0v) is 13.3. The molecule has 1 N–H and O–H groups in total. The minimum absolute atomic E-state index is 0.0242. The monoisotopic (exact) mass is 280 g/mol. The topological polar surface area (TPSA) is 33.7 Å². The van der Waals surface area contributed by atoms with Crippen LogP contribution < -0.4 is 15.0 Å². The Morgan fingerprint density at radius 1 is 1.20 bits per heavy atom. The minimum atomic E-state index is 0.0242. The molecular formula is C16H28N2O2. The number of hydrogen-bond acceptors (Lipinski definition) is 4. The third kappa shape index (κ3) is 6.26. The van der Waals surface area contributed by atoms with Gasteiger partial charge in [-0.1, -0.05) is 19.9 Å². The molecule has 4 heteroatoms. The maximum atomic E-state index is 6.01. The lowest BCUT2D eigenvalue weighted by atomic mass is 10.2. The maximum absolute atomic E-state index is 6.01. The van der Waals surface area contributed by atoms with E-state index in [4.69, 9.17) is 9.47 Å². The fourth-order valence-corrected chi connectivity index (χ4v) is 1.88. The SMILES string of the molecule is COCC(CNCC(C)C)Oc1cccc(N(C)C)c1. The molecule has 0 fully saturated rings. The number of nitrogens with zero attached hydrogens (tertiary/aromatic N) is 1. The van der Waals surface area contributed by atoms with Crippen LogP contribution >= 0.6 is 0 Å². The number of benzene rings is 1. The predicted octanol–water partition coefficient (Wildman–Crippen LogP) is 2.39. The number of nitrogens with one attached hydrogen (secondary N) is 1. The van der Waals surface area contributed by atoms with E-state index in [-0.39, 0.29) is 6.10 Å². The van der Waals surface area contributed by atoms with Gasteiger partial charge in [-0.05, 0) is 24.6 Å². The summed E-state index contributed by atoms with van der Waals surface area (Å²) in [4.78, 5) is 2.06. The Kier molecular flexibility index (Phi) is 7.41. The van der Waals surface area contributed by atoms with Crippen LogP contribution in [0.1, 0.15) is 13.8 Å². The summed E-state index contributed by atoms with van der Waals surface area (Å²) < 4.78 is 11.2. The second-order valence-electron chi connectivity index (χ2n) is 5.64. The summed E-state index contributed by atoms with van der Waals surface area (Å²) in [6, 6.07) is 8.11. The van der Waals surface area contributed by atoms with E-state index >= 15 is 0 Å². The first kappa shape index (κ1) is 16.8. The molecular weight excluding hydrogens is 252 g/mol. The second-order valence-corrected chi connectivity index (χ2v) is 5.64. The van der Waals surface area contributed by atoms with Crippen molar-refractivity contribution in [2.24, 2.45) is 5.92 Å². The summed E-state index contributed by atoms with van der Waals surface area (Å²) in [5.74, 6) is 1.51. The third-order valence-corrected chi connectivity index (χ3v) is 2.91. The molecule has 1 aromatic rings. The van der Waals surface area contributed by atoms with Crippen LogP contribution in [0.2, 0.25) is 0 Å². The smallest absolute Gasteiger partial charge is 0.134 e. The summed E-state index contributed by atoms with van der Waals surface area (Å²) in [5, 5.41) is 3.41. The van der Waals surface area contributed by atoms with Gasteiger partial charge < -0.3 is 19.7 Å². The average Bonchev–Trinajstić information content (AvgIpc) is 2.38. The fourth-order valence-electron chi connectivity index (χ4n) is 1.88. The van der Waals surface area contributed by atoms with Crippen molar-refractivity contribution in [3.63, 3.8) is 0 Å². The van der Waals surface area contributed by atoms with E-state index in [1.54, 1.807) is 7.11 Å². The molecule has 0 radical (unpaired) electrons. The summed E-state index contributed by atoms with van der Waals surface area (Å²) in [7, 11) is 5.75. The molecule has 0 aliphatic carbocycles.